The summed E-state index contributed by atoms with van der Waals surface area (Å²) >= 11 is 0. The highest BCUT2D eigenvalue weighted by Gasteiger charge is 2.14. The molecule has 22 heavy (non-hydrogen) atoms. The van der Waals surface area contributed by atoms with Crippen molar-refractivity contribution >= 4 is 11.8 Å². The number of anilines is 1. The zero-order valence-corrected chi connectivity index (χ0v) is 12.4. The molecule has 6 heteroatoms. The van der Waals surface area contributed by atoms with E-state index >= 15 is 0 Å². The first-order chi connectivity index (χ1) is 10.6. The molecule has 1 heterocycles. The Bertz CT molecular complexity index is 683. The van der Waals surface area contributed by atoms with Gasteiger partial charge < -0.3 is 15.0 Å². The molecule has 2 aromatic rings. The van der Waals surface area contributed by atoms with E-state index < -0.39 is 5.97 Å². The number of benzene rings is 1. The first kappa shape index (κ1) is 15.8. The van der Waals surface area contributed by atoms with Crippen molar-refractivity contribution in [2.75, 3.05) is 5.32 Å². The average Bonchev–Trinajstić information content (AvgIpc) is 2.50. The van der Waals surface area contributed by atoms with Gasteiger partial charge in [-0.05, 0) is 18.4 Å². The Morgan fingerprint density at radius 1 is 1.36 bits per heavy atom. The molecule has 1 aromatic heterocycles. The fourth-order valence-corrected chi connectivity index (χ4v) is 2.21. The van der Waals surface area contributed by atoms with Crippen LogP contribution in [0.3, 0.4) is 0 Å². The van der Waals surface area contributed by atoms with Gasteiger partial charge in [-0.25, -0.2) is 4.98 Å². The number of hydrogen-bond acceptors (Lipinski definition) is 4. The molecule has 0 fully saturated rings. The molecular formula is C16H19N3O3. The van der Waals surface area contributed by atoms with Gasteiger partial charge in [-0.15, -0.1) is 0 Å². The molecule has 0 aliphatic rings. The van der Waals surface area contributed by atoms with Crippen molar-refractivity contribution in [1.82, 2.24) is 9.55 Å². The number of rotatable bonds is 7. The maximum atomic E-state index is 12.0. The molecular weight excluding hydrogens is 282 g/mol. The third-order valence-corrected chi connectivity index (χ3v) is 3.39. The quantitative estimate of drug-likeness (QED) is 0.812. The molecule has 0 bridgehead atoms. The molecule has 0 amide bonds. The van der Waals surface area contributed by atoms with Gasteiger partial charge in [-0.1, -0.05) is 30.3 Å². The lowest BCUT2D eigenvalue weighted by Gasteiger charge is -2.18. The Labute approximate surface area is 128 Å². The molecule has 1 unspecified atom stereocenters. The second-order valence-electron chi connectivity index (χ2n) is 5.16. The van der Waals surface area contributed by atoms with Crippen molar-refractivity contribution < 1.29 is 9.90 Å². The summed E-state index contributed by atoms with van der Waals surface area (Å²) in [5, 5.41) is 12.0. The van der Waals surface area contributed by atoms with Crippen LogP contribution >= 0.6 is 0 Å². The van der Waals surface area contributed by atoms with E-state index in [1.54, 1.807) is 19.4 Å². The third kappa shape index (κ3) is 4.44. The Hall–Kier alpha value is -2.63. The second kappa shape index (κ2) is 7.40. The number of aromatic nitrogens is 2. The van der Waals surface area contributed by atoms with Gasteiger partial charge in [0.1, 0.15) is 0 Å². The molecule has 0 saturated heterocycles. The van der Waals surface area contributed by atoms with Gasteiger partial charge in [0.05, 0.1) is 0 Å². The normalized spacial score (nSPS) is 11.9. The van der Waals surface area contributed by atoms with Crippen LogP contribution in [0.4, 0.5) is 5.82 Å². The summed E-state index contributed by atoms with van der Waals surface area (Å²) < 4.78 is 1.44. The predicted molar refractivity (Wildman–Crippen MR) is 83.9 cm³/mol. The largest absolute Gasteiger partial charge is 0.481 e. The standard InChI is InChI=1S/C16H19N3O3/c1-19-10-9-17-15(16(19)22)18-13(7-8-14(20)21)11-12-5-3-2-4-6-12/h2-6,9-10,13H,7-8,11H2,1H3,(H,17,18)(H,20,21). The molecule has 116 valence electrons. The van der Waals surface area contributed by atoms with Gasteiger partial charge in [0, 0.05) is 31.9 Å². The monoisotopic (exact) mass is 301 g/mol. The minimum atomic E-state index is -0.853. The smallest absolute Gasteiger partial charge is 0.303 e. The van der Waals surface area contributed by atoms with Gasteiger partial charge in [0.25, 0.3) is 5.56 Å². The van der Waals surface area contributed by atoms with E-state index in [1.165, 1.54) is 4.57 Å². The van der Waals surface area contributed by atoms with Gasteiger partial charge in [0.15, 0.2) is 5.82 Å². The summed E-state index contributed by atoms with van der Waals surface area (Å²) in [7, 11) is 1.65. The van der Waals surface area contributed by atoms with Crippen LogP contribution in [0, 0.1) is 0 Å². The van der Waals surface area contributed by atoms with E-state index in [0.717, 1.165) is 5.56 Å². The van der Waals surface area contributed by atoms with E-state index in [0.29, 0.717) is 12.8 Å². The number of carboxylic acid groups (broad SMARTS) is 1. The van der Waals surface area contributed by atoms with Crippen LogP contribution in [0.2, 0.25) is 0 Å². The molecule has 0 aliphatic heterocycles. The molecule has 0 saturated carbocycles. The Morgan fingerprint density at radius 2 is 2.09 bits per heavy atom. The molecule has 0 radical (unpaired) electrons. The van der Waals surface area contributed by atoms with Gasteiger partial charge in [-0.3, -0.25) is 9.59 Å². The van der Waals surface area contributed by atoms with Crippen molar-refractivity contribution in [3.8, 4) is 0 Å². The number of nitrogens with zero attached hydrogens (tertiary/aromatic N) is 2. The first-order valence-electron chi connectivity index (χ1n) is 7.10. The van der Waals surface area contributed by atoms with Crippen molar-refractivity contribution in [2.24, 2.45) is 7.05 Å². The van der Waals surface area contributed by atoms with Crippen LogP contribution in [0.5, 0.6) is 0 Å². The summed E-state index contributed by atoms with van der Waals surface area (Å²) in [6, 6.07) is 9.59. The average molecular weight is 301 g/mol. The maximum Gasteiger partial charge on any atom is 0.303 e. The maximum absolute atomic E-state index is 12.0. The SMILES string of the molecule is Cn1ccnc(NC(CCC(=O)O)Cc2ccccc2)c1=O. The van der Waals surface area contributed by atoms with Crippen LogP contribution in [0.15, 0.2) is 47.5 Å². The van der Waals surface area contributed by atoms with E-state index in [1.807, 2.05) is 30.3 Å². The summed E-state index contributed by atoms with van der Waals surface area (Å²) in [6.07, 6.45) is 4.22. The minimum Gasteiger partial charge on any atom is -0.481 e. The van der Waals surface area contributed by atoms with Gasteiger partial charge >= 0.3 is 5.97 Å². The predicted octanol–water partition coefficient (Wildman–Crippen LogP) is 1.67. The molecule has 0 spiro atoms. The topological polar surface area (TPSA) is 84.2 Å². The second-order valence-corrected chi connectivity index (χ2v) is 5.16. The van der Waals surface area contributed by atoms with E-state index in [9.17, 15) is 9.59 Å². The minimum absolute atomic E-state index is 0.0393. The summed E-state index contributed by atoms with van der Waals surface area (Å²) in [5.74, 6) is -0.606. The Morgan fingerprint density at radius 3 is 2.77 bits per heavy atom. The fraction of sp³-hybridized carbons (Fsp3) is 0.312. The van der Waals surface area contributed by atoms with Crippen molar-refractivity contribution in [1.29, 1.82) is 0 Å². The van der Waals surface area contributed by atoms with Crippen LogP contribution in [0.1, 0.15) is 18.4 Å². The lowest BCUT2D eigenvalue weighted by Crippen LogP contribution is -2.30. The lowest BCUT2D eigenvalue weighted by molar-refractivity contribution is -0.137. The fourth-order valence-electron chi connectivity index (χ4n) is 2.21. The number of aliphatic carboxylic acids is 1. The summed E-state index contributed by atoms with van der Waals surface area (Å²) in [5.41, 5.74) is 0.856. The highest BCUT2D eigenvalue weighted by Crippen LogP contribution is 2.11. The number of aryl methyl sites for hydroxylation is 1. The van der Waals surface area contributed by atoms with Crippen molar-refractivity contribution in [3.63, 3.8) is 0 Å². The molecule has 1 aromatic carbocycles. The molecule has 2 rings (SSSR count). The lowest BCUT2D eigenvalue weighted by atomic mass is 10.0. The van der Waals surface area contributed by atoms with Crippen LogP contribution in [-0.4, -0.2) is 26.7 Å². The van der Waals surface area contributed by atoms with Crippen LogP contribution in [0.25, 0.3) is 0 Å². The van der Waals surface area contributed by atoms with Crippen molar-refractivity contribution in [2.45, 2.75) is 25.3 Å². The Balaban J connectivity index is 2.15. The van der Waals surface area contributed by atoms with Gasteiger partial charge in [0.2, 0.25) is 0 Å². The summed E-state index contributed by atoms with van der Waals surface area (Å²) in [4.78, 5) is 26.9. The zero-order valence-electron chi connectivity index (χ0n) is 12.4. The summed E-state index contributed by atoms with van der Waals surface area (Å²) in [6.45, 7) is 0. The molecule has 2 N–H and O–H groups in total. The number of carboxylic acids is 1. The van der Waals surface area contributed by atoms with E-state index in [4.69, 9.17) is 5.11 Å². The van der Waals surface area contributed by atoms with Gasteiger partial charge in [-0.2, -0.15) is 0 Å². The number of nitrogens with one attached hydrogen (secondary N) is 1. The Kier molecular flexibility index (Phi) is 5.30. The van der Waals surface area contributed by atoms with Crippen molar-refractivity contribution in [3.05, 3.63) is 58.6 Å². The van der Waals surface area contributed by atoms with E-state index in [2.05, 4.69) is 10.3 Å². The van der Waals surface area contributed by atoms with Crippen LogP contribution in [-0.2, 0) is 18.3 Å². The third-order valence-electron chi connectivity index (χ3n) is 3.39. The van der Waals surface area contributed by atoms with E-state index in [-0.39, 0.29) is 23.8 Å². The first-order valence-corrected chi connectivity index (χ1v) is 7.10. The number of hydrogen-bond donors (Lipinski definition) is 2. The highest BCUT2D eigenvalue weighted by molar-refractivity contribution is 5.66. The highest BCUT2D eigenvalue weighted by atomic mass is 16.4. The number of carbonyl (C=O) groups is 1. The molecule has 1 atom stereocenters. The molecule has 0 aliphatic carbocycles. The molecule has 6 nitrogen and oxygen atoms in total. The van der Waals surface area contributed by atoms with Crippen LogP contribution < -0.4 is 10.9 Å². The zero-order chi connectivity index (χ0) is 15.9.